The van der Waals surface area contributed by atoms with Gasteiger partial charge in [-0.15, -0.1) is 0 Å². The molecule has 0 spiro atoms. The molecule has 0 aliphatic carbocycles. The lowest BCUT2D eigenvalue weighted by Gasteiger charge is -2.11. The zero-order chi connectivity index (χ0) is 16.9. The molecule has 0 saturated carbocycles. The van der Waals surface area contributed by atoms with E-state index in [1.54, 1.807) is 30.5 Å². The van der Waals surface area contributed by atoms with E-state index in [0.717, 1.165) is 5.56 Å². The van der Waals surface area contributed by atoms with E-state index in [1.807, 2.05) is 24.3 Å². The number of nitrogens with one attached hydrogen (secondary N) is 2. The molecule has 7 heteroatoms. The van der Waals surface area contributed by atoms with Crippen molar-refractivity contribution in [2.75, 3.05) is 10.6 Å². The Hall–Kier alpha value is -2.01. The predicted molar refractivity (Wildman–Crippen MR) is 101 cm³/mol. The minimum atomic E-state index is 0.498. The zero-order valence-electron chi connectivity index (χ0n) is 12.4. The maximum absolute atomic E-state index is 6.16. The summed E-state index contributed by atoms with van der Waals surface area (Å²) in [7, 11) is 0. The van der Waals surface area contributed by atoms with E-state index >= 15 is 0 Å². The van der Waals surface area contributed by atoms with Crippen molar-refractivity contribution < 1.29 is 0 Å². The van der Waals surface area contributed by atoms with Crippen LogP contribution in [-0.2, 0) is 6.54 Å². The van der Waals surface area contributed by atoms with Gasteiger partial charge in [0.25, 0.3) is 0 Å². The first-order chi connectivity index (χ1) is 11.6. The van der Waals surface area contributed by atoms with E-state index in [9.17, 15) is 0 Å². The molecule has 0 bridgehead atoms. The second-order valence-electron chi connectivity index (χ2n) is 4.97. The fourth-order valence-corrected chi connectivity index (χ4v) is 2.66. The molecule has 0 saturated heterocycles. The molecular weight excluding hydrogens is 367 g/mol. The third kappa shape index (κ3) is 4.29. The molecular formula is C17H13Cl3N4. The number of benzene rings is 2. The van der Waals surface area contributed by atoms with Crippen LogP contribution in [0.2, 0.25) is 15.1 Å². The molecule has 24 heavy (non-hydrogen) atoms. The summed E-state index contributed by atoms with van der Waals surface area (Å²) >= 11 is 18.2. The molecule has 3 rings (SSSR count). The molecule has 0 amide bonds. The number of hydrogen-bond acceptors (Lipinski definition) is 4. The second kappa shape index (κ2) is 7.71. The Balaban J connectivity index is 1.71. The summed E-state index contributed by atoms with van der Waals surface area (Å²) in [6, 6.07) is 14.6. The van der Waals surface area contributed by atoms with Crippen LogP contribution in [0.25, 0.3) is 0 Å². The standard InChI is InChI=1S/C17H13Cl3N4/c18-12-6-4-11(5-7-12)10-22-17-21-9-8-15(24-17)23-16-13(19)2-1-3-14(16)20/h1-9H,10H2,(H2,21,22,23,24). The fraction of sp³-hybridized carbons (Fsp3) is 0.0588. The van der Waals surface area contributed by atoms with Gasteiger partial charge in [-0.05, 0) is 35.9 Å². The van der Waals surface area contributed by atoms with E-state index in [2.05, 4.69) is 20.6 Å². The summed E-state index contributed by atoms with van der Waals surface area (Å²) in [4.78, 5) is 8.61. The lowest BCUT2D eigenvalue weighted by Crippen LogP contribution is -2.05. The molecule has 0 atom stereocenters. The summed E-state index contributed by atoms with van der Waals surface area (Å²) in [6.07, 6.45) is 1.66. The van der Waals surface area contributed by atoms with Gasteiger partial charge in [-0.1, -0.05) is 53.0 Å². The van der Waals surface area contributed by atoms with Crippen molar-refractivity contribution in [3.8, 4) is 0 Å². The van der Waals surface area contributed by atoms with Gasteiger partial charge < -0.3 is 10.6 Å². The Kier molecular flexibility index (Phi) is 5.41. The van der Waals surface area contributed by atoms with E-state index < -0.39 is 0 Å². The Morgan fingerprint density at radius 1 is 0.875 bits per heavy atom. The third-order valence-corrected chi connectivity index (χ3v) is 4.12. The van der Waals surface area contributed by atoms with Gasteiger partial charge >= 0.3 is 0 Å². The molecule has 1 aromatic heterocycles. The number of aromatic nitrogens is 2. The Bertz CT molecular complexity index is 817. The van der Waals surface area contributed by atoms with Gasteiger partial charge in [-0.2, -0.15) is 4.98 Å². The van der Waals surface area contributed by atoms with Gasteiger partial charge in [-0.25, -0.2) is 4.98 Å². The highest BCUT2D eigenvalue weighted by atomic mass is 35.5. The molecule has 0 fully saturated rings. The van der Waals surface area contributed by atoms with E-state index in [-0.39, 0.29) is 0 Å². The largest absolute Gasteiger partial charge is 0.350 e. The Morgan fingerprint density at radius 2 is 1.58 bits per heavy atom. The molecule has 4 nitrogen and oxygen atoms in total. The molecule has 0 radical (unpaired) electrons. The van der Waals surface area contributed by atoms with Gasteiger partial charge in [0.05, 0.1) is 15.7 Å². The smallest absolute Gasteiger partial charge is 0.224 e. The van der Waals surface area contributed by atoms with Crippen LogP contribution >= 0.6 is 34.8 Å². The lowest BCUT2D eigenvalue weighted by atomic mass is 10.2. The van der Waals surface area contributed by atoms with Crippen molar-refractivity contribution in [1.29, 1.82) is 0 Å². The number of hydrogen-bond donors (Lipinski definition) is 2. The maximum Gasteiger partial charge on any atom is 0.224 e. The summed E-state index contributed by atoms with van der Waals surface area (Å²) in [5.74, 6) is 1.09. The van der Waals surface area contributed by atoms with E-state index in [1.165, 1.54) is 0 Å². The van der Waals surface area contributed by atoms with Crippen LogP contribution in [0.15, 0.2) is 54.7 Å². The summed E-state index contributed by atoms with van der Waals surface area (Å²) in [5.41, 5.74) is 1.69. The quantitative estimate of drug-likeness (QED) is 0.589. The average molecular weight is 380 g/mol. The first-order valence-corrected chi connectivity index (χ1v) is 8.27. The van der Waals surface area contributed by atoms with Crippen molar-refractivity contribution in [2.24, 2.45) is 0 Å². The Morgan fingerprint density at radius 3 is 2.29 bits per heavy atom. The highest BCUT2D eigenvalue weighted by Gasteiger charge is 2.07. The number of nitrogens with zero attached hydrogens (tertiary/aromatic N) is 2. The number of anilines is 3. The van der Waals surface area contributed by atoms with Crippen LogP contribution in [0.5, 0.6) is 0 Å². The topological polar surface area (TPSA) is 49.8 Å². The predicted octanol–water partition coefficient (Wildman–Crippen LogP) is 5.79. The van der Waals surface area contributed by atoms with Crippen molar-refractivity contribution in [3.05, 3.63) is 75.4 Å². The lowest BCUT2D eigenvalue weighted by molar-refractivity contribution is 1.06. The van der Waals surface area contributed by atoms with Crippen LogP contribution in [0, 0.1) is 0 Å². The molecule has 0 unspecified atom stereocenters. The summed E-state index contributed by atoms with van der Waals surface area (Å²) in [5, 5.41) is 8.03. The zero-order valence-corrected chi connectivity index (χ0v) is 14.7. The van der Waals surface area contributed by atoms with Crippen molar-refractivity contribution >= 4 is 52.3 Å². The van der Waals surface area contributed by atoms with Crippen LogP contribution < -0.4 is 10.6 Å². The van der Waals surface area contributed by atoms with Crippen LogP contribution in [0.4, 0.5) is 17.5 Å². The van der Waals surface area contributed by atoms with Crippen molar-refractivity contribution in [3.63, 3.8) is 0 Å². The molecule has 3 aromatic rings. The normalized spacial score (nSPS) is 10.5. The van der Waals surface area contributed by atoms with Crippen molar-refractivity contribution in [1.82, 2.24) is 9.97 Å². The number of halogens is 3. The second-order valence-corrected chi connectivity index (χ2v) is 6.22. The van der Waals surface area contributed by atoms with Gasteiger partial charge in [0.1, 0.15) is 5.82 Å². The van der Waals surface area contributed by atoms with Crippen LogP contribution in [-0.4, -0.2) is 9.97 Å². The molecule has 0 aliphatic rings. The fourth-order valence-electron chi connectivity index (χ4n) is 2.04. The number of rotatable bonds is 5. The van der Waals surface area contributed by atoms with Crippen LogP contribution in [0.3, 0.4) is 0 Å². The molecule has 1 heterocycles. The van der Waals surface area contributed by atoms with E-state index in [4.69, 9.17) is 34.8 Å². The third-order valence-electron chi connectivity index (χ3n) is 3.24. The minimum Gasteiger partial charge on any atom is -0.350 e. The Labute approximate surface area is 154 Å². The summed E-state index contributed by atoms with van der Waals surface area (Å²) < 4.78 is 0. The first kappa shape index (κ1) is 16.8. The van der Waals surface area contributed by atoms with Gasteiger partial charge in [0, 0.05) is 17.8 Å². The van der Waals surface area contributed by atoms with Gasteiger partial charge in [-0.3, -0.25) is 0 Å². The summed E-state index contributed by atoms with van der Waals surface area (Å²) in [6.45, 7) is 0.591. The van der Waals surface area contributed by atoms with Crippen molar-refractivity contribution in [2.45, 2.75) is 6.54 Å². The average Bonchev–Trinajstić information content (AvgIpc) is 2.58. The highest BCUT2D eigenvalue weighted by Crippen LogP contribution is 2.32. The monoisotopic (exact) mass is 378 g/mol. The minimum absolute atomic E-state index is 0.498. The number of para-hydroxylation sites is 1. The van der Waals surface area contributed by atoms with Gasteiger partial charge in [0.2, 0.25) is 5.95 Å². The van der Waals surface area contributed by atoms with Crippen LogP contribution in [0.1, 0.15) is 5.56 Å². The molecule has 2 aromatic carbocycles. The molecule has 122 valence electrons. The van der Waals surface area contributed by atoms with E-state index in [0.29, 0.717) is 39.1 Å². The SMILES string of the molecule is Clc1ccc(CNc2nccc(Nc3c(Cl)cccc3Cl)n2)cc1. The maximum atomic E-state index is 6.16. The molecule has 2 N–H and O–H groups in total. The molecule has 0 aliphatic heterocycles. The van der Waals surface area contributed by atoms with Gasteiger partial charge in [0.15, 0.2) is 0 Å². The highest BCUT2D eigenvalue weighted by molar-refractivity contribution is 6.39. The first-order valence-electron chi connectivity index (χ1n) is 7.14.